The molecule has 1 aromatic heterocycles. The topological polar surface area (TPSA) is 52.6 Å². The summed E-state index contributed by atoms with van der Waals surface area (Å²) in [5, 5.41) is 0. The van der Waals surface area contributed by atoms with E-state index in [1.165, 1.54) is 44.1 Å². The maximum Gasteiger partial charge on any atom is 0.227 e. The Kier molecular flexibility index (Phi) is 6.05. The number of rotatable bonds is 4. The summed E-state index contributed by atoms with van der Waals surface area (Å²) in [6.45, 7) is 5.60. The van der Waals surface area contributed by atoms with Crippen LogP contribution in [0.2, 0.25) is 0 Å². The number of amides is 1. The van der Waals surface area contributed by atoms with Crippen molar-refractivity contribution in [2.45, 2.75) is 57.9 Å². The second-order valence-corrected chi connectivity index (χ2v) is 9.10. The van der Waals surface area contributed by atoms with E-state index in [0.29, 0.717) is 13.0 Å². The predicted molar refractivity (Wildman–Crippen MR) is 123 cm³/mol. The first-order valence-corrected chi connectivity index (χ1v) is 12.0. The normalized spacial score (nSPS) is 19.3. The third kappa shape index (κ3) is 4.53. The van der Waals surface area contributed by atoms with Gasteiger partial charge in [0.15, 0.2) is 0 Å². The van der Waals surface area contributed by atoms with E-state index >= 15 is 0 Å². The lowest BCUT2D eigenvalue weighted by molar-refractivity contribution is -0.131. The number of anilines is 2. The minimum Gasteiger partial charge on any atom is -0.356 e. The Balaban J connectivity index is 1.42. The van der Waals surface area contributed by atoms with Crippen LogP contribution in [0.25, 0.3) is 0 Å². The molecule has 0 unspecified atom stereocenters. The Morgan fingerprint density at radius 1 is 0.806 bits per heavy atom. The molecule has 0 spiro atoms. The number of hydrogen-bond donors (Lipinski definition) is 0. The van der Waals surface area contributed by atoms with Crippen molar-refractivity contribution in [1.82, 2.24) is 14.9 Å². The molecule has 2 saturated heterocycles. The number of fused-ring (bicyclic) bond motifs is 1. The SMILES string of the molecule is O=C(Cc1ccccc1)N1CCc2nc(N3CCCCC3)nc(N3CCCCC3)c2C1. The van der Waals surface area contributed by atoms with Crippen molar-refractivity contribution in [1.29, 1.82) is 0 Å². The summed E-state index contributed by atoms with van der Waals surface area (Å²) in [6.07, 6.45) is 8.76. The maximum atomic E-state index is 13.0. The molecule has 3 aliphatic rings. The average Bonchev–Trinajstić information content (AvgIpc) is 2.84. The van der Waals surface area contributed by atoms with Crippen LogP contribution in [-0.2, 0) is 24.2 Å². The summed E-state index contributed by atoms with van der Waals surface area (Å²) in [7, 11) is 0. The van der Waals surface area contributed by atoms with E-state index in [9.17, 15) is 4.79 Å². The number of carbonyl (C=O) groups is 1. The number of hydrogen-bond acceptors (Lipinski definition) is 5. The molecule has 0 saturated carbocycles. The average molecular weight is 420 g/mol. The molecule has 2 aromatic rings. The lowest BCUT2D eigenvalue weighted by Crippen LogP contribution is -2.40. The number of carbonyl (C=O) groups excluding carboxylic acids is 1. The van der Waals surface area contributed by atoms with Gasteiger partial charge in [-0.3, -0.25) is 4.79 Å². The van der Waals surface area contributed by atoms with E-state index in [4.69, 9.17) is 9.97 Å². The van der Waals surface area contributed by atoms with Crippen LogP contribution in [0.1, 0.15) is 55.3 Å². The lowest BCUT2D eigenvalue weighted by Gasteiger charge is -2.36. The molecule has 31 heavy (non-hydrogen) atoms. The van der Waals surface area contributed by atoms with Crippen LogP contribution in [-0.4, -0.2) is 53.5 Å². The lowest BCUT2D eigenvalue weighted by atomic mass is 10.0. The Morgan fingerprint density at radius 2 is 1.48 bits per heavy atom. The minimum atomic E-state index is 0.196. The zero-order chi connectivity index (χ0) is 21.0. The number of benzene rings is 1. The molecule has 5 rings (SSSR count). The van der Waals surface area contributed by atoms with Gasteiger partial charge >= 0.3 is 0 Å². The van der Waals surface area contributed by atoms with Crippen molar-refractivity contribution in [3.8, 4) is 0 Å². The van der Waals surface area contributed by atoms with Crippen LogP contribution in [0.3, 0.4) is 0 Å². The Labute approximate surface area is 185 Å². The van der Waals surface area contributed by atoms with Gasteiger partial charge in [0.25, 0.3) is 0 Å². The molecule has 0 aliphatic carbocycles. The summed E-state index contributed by atoms with van der Waals surface area (Å²) in [6, 6.07) is 10.1. The summed E-state index contributed by atoms with van der Waals surface area (Å²) < 4.78 is 0. The van der Waals surface area contributed by atoms with E-state index in [1.54, 1.807) is 0 Å². The predicted octanol–water partition coefficient (Wildman–Crippen LogP) is 3.58. The van der Waals surface area contributed by atoms with Gasteiger partial charge in [0.1, 0.15) is 5.82 Å². The van der Waals surface area contributed by atoms with Gasteiger partial charge in [-0.2, -0.15) is 4.98 Å². The minimum absolute atomic E-state index is 0.196. The molecule has 164 valence electrons. The zero-order valence-electron chi connectivity index (χ0n) is 18.4. The number of piperidine rings is 2. The molecule has 2 fully saturated rings. The zero-order valence-corrected chi connectivity index (χ0v) is 18.4. The molecular weight excluding hydrogens is 386 g/mol. The molecule has 1 aromatic carbocycles. The van der Waals surface area contributed by atoms with Gasteiger partial charge in [-0.25, -0.2) is 4.98 Å². The smallest absolute Gasteiger partial charge is 0.227 e. The molecule has 0 bridgehead atoms. The third-order valence-corrected chi connectivity index (χ3v) is 6.87. The van der Waals surface area contributed by atoms with Crippen molar-refractivity contribution in [2.75, 3.05) is 42.5 Å². The van der Waals surface area contributed by atoms with Crippen LogP contribution in [0.5, 0.6) is 0 Å². The van der Waals surface area contributed by atoms with Gasteiger partial charge in [0.05, 0.1) is 18.7 Å². The summed E-state index contributed by atoms with van der Waals surface area (Å²) in [4.78, 5) is 30.0. The molecule has 6 heteroatoms. The highest BCUT2D eigenvalue weighted by Gasteiger charge is 2.29. The summed E-state index contributed by atoms with van der Waals surface area (Å²) in [5.41, 5.74) is 3.40. The van der Waals surface area contributed by atoms with E-state index in [1.807, 2.05) is 35.2 Å². The fraction of sp³-hybridized carbons (Fsp3) is 0.560. The Bertz CT molecular complexity index is 904. The van der Waals surface area contributed by atoms with Crippen molar-refractivity contribution < 1.29 is 4.79 Å². The van der Waals surface area contributed by atoms with Crippen LogP contribution >= 0.6 is 0 Å². The first-order valence-electron chi connectivity index (χ1n) is 12.0. The Hall–Kier alpha value is -2.63. The first-order chi connectivity index (χ1) is 15.3. The van der Waals surface area contributed by atoms with Crippen LogP contribution < -0.4 is 9.80 Å². The van der Waals surface area contributed by atoms with Gasteiger partial charge in [0, 0.05) is 44.7 Å². The van der Waals surface area contributed by atoms with E-state index in [-0.39, 0.29) is 5.91 Å². The van der Waals surface area contributed by atoms with Gasteiger partial charge in [-0.05, 0) is 44.1 Å². The first kappa shape index (κ1) is 20.3. The molecule has 0 radical (unpaired) electrons. The molecule has 0 atom stereocenters. The monoisotopic (exact) mass is 419 g/mol. The van der Waals surface area contributed by atoms with Gasteiger partial charge < -0.3 is 14.7 Å². The molecule has 4 heterocycles. The van der Waals surface area contributed by atoms with Crippen LogP contribution in [0, 0.1) is 0 Å². The van der Waals surface area contributed by atoms with Crippen molar-refractivity contribution in [3.63, 3.8) is 0 Å². The molecule has 3 aliphatic heterocycles. The van der Waals surface area contributed by atoms with E-state index in [2.05, 4.69) is 9.80 Å². The van der Waals surface area contributed by atoms with Crippen LogP contribution in [0.4, 0.5) is 11.8 Å². The number of nitrogens with zero attached hydrogens (tertiary/aromatic N) is 5. The van der Waals surface area contributed by atoms with E-state index < -0.39 is 0 Å². The summed E-state index contributed by atoms with van der Waals surface area (Å²) in [5.74, 6) is 2.19. The second kappa shape index (κ2) is 9.25. The van der Waals surface area contributed by atoms with E-state index in [0.717, 1.165) is 62.2 Å². The highest BCUT2D eigenvalue weighted by atomic mass is 16.2. The van der Waals surface area contributed by atoms with Crippen molar-refractivity contribution in [2.24, 2.45) is 0 Å². The Morgan fingerprint density at radius 3 is 2.19 bits per heavy atom. The third-order valence-electron chi connectivity index (χ3n) is 6.87. The quantitative estimate of drug-likeness (QED) is 0.758. The van der Waals surface area contributed by atoms with Gasteiger partial charge in [0.2, 0.25) is 11.9 Å². The number of aromatic nitrogens is 2. The fourth-order valence-corrected chi connectivity index (χ4v) is 5.08. The highest BCUT2D eigenvalue weighted by Crippen LogP contribution is 2.31. The highest BCUT2D eigenvalue weighted by molar-refractivity contribution is 5.79. The summed E-state index contributed by atoms with van der Waals surface area (Å²) >= 11 is 0. The molecule has 0 N–H and O–H groups in total. The fourth-order valence-electron chi connectivity index (χ4n) is 5.08. The molecule has 1 amide bonds. The van der Waals surface area contributed by atoms with Gasteiger partial charge in [-0.15, -0.1) is 0 Å². The maximum absolute atomic E-state index is 13.0. The molecule has 6 nitrogen and oxygen atoms in total. The largest absolute Gasteiger partial charge is 0.356 e. The molecular formula is C25H33N5O. The van der Waals surface area contributed by atoms with Gasteiger partial charge in [-0.1, -0.05) is 30.3 Å². The standard InChI is InChI=1S/C25H33N5O/c31-23(18-20-10-4-1-5-11-20)30-17-12-22-21(19-30)24(28-13-6-2-7-14-28)27-25(26-22)29-15-8-3-9-16-29/h1,4-5,10-11H,2-3,6-9,12-19H2. The van der Waals surface area contributed by atoms with Crippen molar-refractivity contribution >= 4 is 17.7 Å². The van der Waals surface area contributed by atoms with Crippen molar-refractivity contribution in [3.05, 3.63) is 47.2 Å². The van der Waals surface area contributed by atoms with Crippen LogP contribution in [0.15, 0.2) is 30.3 Å². The second-order valence-electron chi connectivity index (χ2n) is 9.10.